The molecular weight excluding hydrogens is 220 g/mol. The molecule has 1 aliphatic rings. The van der Waals surface area contributed by atoms with E-state index in [2.05, 4.69) is 42.1 Å². The predicted molar refractivity (Wildman–Crippen MR) is 77.6 cm³/mol. The summed E-state index contributed by atoms with van der Waals surface area (Å²) in [6.45, 7) is 6.63. The van der Waals surface area contributed by atoms with Crippen molar-refractivity contribution < 1.29 is 0 Å². The number of hydrogen-bond donors (Lipinski definition) is 1. The first kappa shape index (κ1) is 13.7. The van der Waals surface area contributed by atoms with Crippen LogP contribution in [-0.4, -0.2) is 10.6 Å². The van der Waals surface area contributed by atoms with E-state index in [-0.39, 0.29) is 0 Å². The van der Waals surface area contributed by atoms with E-state index < -0.39 is 0 Å². The van der Waals surface area contributed by atoms with Crippen molar-refractivity contribution >= 4 is 0 Å². The third-order valence-electron chi connectivity index (χ3n) is 4.47. The van der Waals surface area contributed by atoms with Crippen LogP contribution in [0.15, 0.2) is 18.3 Å². The maximum atomic E-state index is 3.80. The number of aryl methyl sites for hydroxylation is 1. The van der Waals surface area contributed by atoms with Crippen LogP contribution in [0.1, 0.15) is 58.1 Å². The molecule has 0 spiro atoms. The molecule has 2 rings (SSSR count). The van der Waals surface area contributed by atoms with E-state index in [1.165, 1.54) is 44.2 Å². The van der Waals surface area contributed by atoms with Crippen LogP contribution < -0.4 is 5.32 Å². The number of hydrogen-bond acceptors (Lipinski definition) is 1. The minimum absolute atomic E-state index is 0.713. The van der Waals surface area contributed by atoms with Crippen molar-refractivity contribution in [1.29, 1.82) is 0 Å². The minimum atomic E-state index is 0.713. The quantitative estimate of drug-likeness (QED) is 0.806. The Kier molecular flexibility index (Phi) is 5.30. The standard InChI is InChI=1S/C16H28N2/c1-3-16(14-9-6-5-7-10-14)17-13-15-11-8-12-18(15)4-2/h8,11-12,14,16-17H,3-7,9-10,13H2,1-2H3. The van der Waals surface area contributed by atoms with Gasteiger partial charge in [-0.3, -0.25) is 0 Å². The van der Waals surface area contributed by atoms with Gasteiger partial charge in [0.25, 0.3) is 0 Å². The van der Waals surface area contributed by atoms with Crippen molar-refractivity contribution in [1.82, 2.24) is 9.88 Å². The van der Waals surface area contributed by atoms with Crippen molar-refractivity contribution in [3.63, 3.8) is 0 Å². The molecule has 0 amide bonds. The lowest BCUT2D eigenvalue weighted by atomic mass is 9.83. The first-order chi connectivity index (χ1) is 8.85. The molecule has 102 valence electrons. The van der Waals surface area contributed by atoms with Crippen molar-refractivity contribution in [2.75, 3.05) is 0 Å². The number of nitrogens with one attached hydrogen (secondary N) is 1. The molecule has 0 radical (unpaired) electrons. The van der Waals surface area contributed by atoms with Crippen LogP contribution in [0.2, 0.25) is 0 Å². The largest absolute Gasteiger partial charge is 0.351 e. The van der Waals surface area contributed by atoms with E-state index in [0.29, 0.717) is 6.04 Å². The van der Waals surface area contributed by atoms with Crippen molar-refractivity contribution in [3.8, 4) is 0 Å². The number of nitrogens with zero attached hydrogens (tertiary/aromatic N) is 1. The molecule has 1 fully saturated rings. The molecular formula is C16H28N2. The van der Waals surface area contributed by atoms with Crippen LogP contribution in [0.5, 0.6) is 0 Å². The molecule has 18 heavy (non-hydrogen) atoms. The maximum Gasteiger partial charge on any atom is 0.0361 e. The van der Waals surface area contributed by atoms with Gasteiger partial charge < -0.3 is 9.88 Å². The Balaban J connectivity index is 1.86. The van der Waals surface area contributed by atoms with Gasteiger partial charge in [-0.15, -0.1) is 0 Å². The van der Waals surface area contributed by atoms with Crippen LogP contribution in [-0.2, 0) is 13.1 Å². The molecule has 2 heteroatoms. The van der Waals surface area contributed by atoms with Gasteiger partial charge in [-0.2, -0.15) is 0 Å². The molecule has 1 aliphatic carbocycles. The monoisotopic (exact) mass is 248 g/mol. The van der Waals surface area contributed by atoms with Crippen LogP contribution in [0, 0.1) is 5.92 Å². The van der Waals surface area contributed by atoms with Gasteiger partial charge in [0.2, 0.25) is 0 Å². The normalized spacial score (nSPS) is 19.0. The predicted octanol–water partition coefficient (Wildman–Crippen LogP) is 3.96. The third-order valence-corrected chi connectivity index (χ3v) is 4.47. The van der Waals surface area contributed by atoms with Crippen molar-refractivity contribution in [3.05, 3.63) is 24.0 Å². The van der Waals surface area contributed by atoms with E-state index in [4.69, 9.17) is 0 Å². The summed E-state index contributed by atoms with van der Waals surface area (Å²) in [7, 11) is 0. The highest BCUT2D eigenvalue weighted by atomic mass is 15.0. The van der Waals surface area contributed by atoms with E-state index in [9.17, 15) is 0 Å². The van der Waals surface area contributed by atoms with Gasteiger partial charge in [0.05, 0.1) is 0 Å². The Bertz CT molecular complexity index is 337. The highest BCUT2D eigenvalue weighted by Crippen LogP contribution is 2.27. The smallest absolute Gasteiger partial charge is 0.0361 e. The van der Waals surface area contributed by atoms with Crippen LogP contribution in [0.25, 0.3) is 0 Å². The average Bonchev–Trinajstić information content (AvgIpc) is 2.88. The third kappa shape index (κ3) is 3.38. The van der Waals surface area contributed by atoms with Crippen LogP contribution in [0.3, 0.4) is 0 Å². The molecule has 0 aliphatic heterocycles. The van der Waals surface area contributed by atoms with E-state index in [0.717, 1.165) is 19.0 Å². The number of rotatable bonds is 6. The SMILES string of the molecule is CCC(NCc1cccn1CC)C1CCCCC1. The minimum Gasteiger partial charge on any atom is -0.351 e. The van der Waals surface area contributed by atoms with E-state index in [1.807, 2.05) is 0 Å². The summed E-state index contributed by atoms with van der Waals surface area (Å²) in [5.41, 5.74) is 1.42. The first-order valence-corrected chi connectivity index (χ1v) is 7.72. The van der Waals surface area contributed by atoms with Crippen LogP contribution in [0.4, 0.5) is 0 Å². The van der Waals surface area contributed by atoms with Gasteiger partial charge in [-0.25, -0.2) is 0 Å². The summed E-state index contributed by atoms with van der Waals surface area (Å²) >= 11 is 0. The molecule has 1 N–H and O–H groups in total. The molecule has 1 saturated carbocycles. The lowest BCUT2D eigenvalue weighted by molar-refractivity contribution is 0.260. The summed E-state index contributed by atoms with van der Waals surface area (Å²) in [5.74, 6) is 0.911. The average molecular weight is 248 g/mol. The molecule has 1 atom stereocenters. The summed E-state index contributed by atoms with van der Waals surface area (Å²) in [6.07, 6.45) is 10.6. The van der Waals surface area contributed by atoms with Gasteiger partial charge in [0, 0.05) is 31.0 Å². The summed E-state index contributed by atoms with van der Waals surface area (Å²) in [5, 5.41) is 3.80. The highest BCUT2D eigenvalue weighted by molar-refractivity contribution is 5.07. The number of aromatic nitrogens is 1. The second kappa shape index (κ2) is 6.98. The zero-order valence-corrected chi connectivity index (χ0v) is 12.0. The highest BCUT2D eigenvalue weighted by Gasteiger charge is 2.21. The molecule has 1 aromatic rings. The fourth-order valence-electron chi connectivity index (χ4n) is 3.33. The summed E-state index contributed by atoms with van der Waals surface area (Å²) < 4.78 is 2.33. The molecule has 1 heterocycles. The van der Waals surface area contributed by atoms with Gasteiger partial charge >= 0.3 is 0 Å². The van der Waals surface area contributed by atoms with Gasteiger partial charge in [0.15, 0.2) is 0 Å². The first-order valence-electron chi connectivity index (χ1n) is 7.72. The molecule has 0 saturated heterocycles. The second-order valence-electron chi connectivity index (χ2n) is 5.58. The second-order valence-corrected chi connectivity index (χ2v) is 5.58. The molecule has 1 unspecified atom stereocenters. The summed E-state index contributed by atoms with van der Waals surface area (Å²) in [6, 6.07) is 5.11. The fourth-order valence-corrected chi connectivity index (χ4v) is 3.33. The Morgan fingerprint density at radius 1 is 1.28 bits per heavy atom. The van der Waals surface area contributed by atoms with Crippen LogP contribution >= 0.6 is 0 Å². The molecule has 0 bridgehead atoms. The van der Waals surface area contributed by atoms with Gasteiger partial charge in [-0.05, 0) is 44.2 Å². The Labute approximate surface area is 112 Å². The molecule has 0 aromatic carbocycles. The van der Waals surface area contributed by atoms with Crippen molar-refractivity contribution in [2.45, 2.75) is 71.5 Å². The Hall–Kier alpha value is -0.760. The maximum absolute atomic E-state index is 3.80. The molecule has 1 aromatic heterocycles. The van der Waals surface area contributed by atoms with Crippen molar-refractivity contribution in [2.24, 2.45) is 5.92 Å². The Morgan fingerprint density at radius 2 is 2.06 bits per heavy atom. The zero-order valence-electron chi connectivity index (χ0n) is 12.0. The summed E-state index contributed by atoms with van der Waals surface area (Å²) in [4.78, 5) is 0. The fraction of sp³-hybridized carbons (Fsp3) is 0.750. The molecule has 2 nitrogen and oxygen atoms in total. The van der Waals surface area contributed by atoms with E-state index in [1.54, 1.807) is 0 Å². The topological polar surface area (TPSA) is 17.0 Å². The lowest BCUT2D eigenvalue weighted by Gasteiger charge is -2.30. The van der Waals surface area contributed by atoms with E-state index >= 15 is 0 Å². The van der Waals surface area contributed by atoms with Gasteiger partial charge in [-0.1, -0.05) is 26.2 Å². The van der Waals surface area contributed by atoms with Gasteiger partial charge in [0.1, 0.15) is 0 Å². The lowest BCUT2D eigenvalue weighted by Crippen LogP contribution is -2.36. The Morgan fingerprint density at radius 3 is 2.72 bits per heavy atom. The zero-order chi connectivity index (χ0) is 12.8.